The van der Waals surface area contributed by atoms with Crippen molar-refractivity contribution >= 4 is 39.9 Å². The lowest BCUT2D eigenvalue weighted by atomic mass is 10.1. The van der Waals surface area contributed by atoms with Crippen molar-refractivity contribution < 1.29 is 21.8 Å². The van der Waals surface area contributed by atoms with Crippen LogP contribution in [0.2, 0.25) is 58.9 Å². The van der Waals surface area contributed by atoms with E-state index in [1.807, 2.05) is 58.9 Å². The second kappa shape index (κ2) is 14.6. The minimum Gasteiger partial charge on any atom is -0.370 e. The van der Waals surface area contributed by atoms with Crippen molar-refractivity contribution in [3.63, 3.8) is 0 Å². The van der Waals surface area contributed by atoms with Gasteiger partial charge in [-0.1, -0.05) is 34.9 Å². The molecule has 0 aromatic heterocycles. The predicted molar refractivity (Wildman–Crippen MR) is 168 cm³/mol. The predicted octanol–water partition coefficient (Wildman–Crippen LogP) is 10.8. The molecule has 0 heterocycles. The molecule has 0 aliphatic rings. The van der Waals surface area contributed by atoms with E-state index in [4.69, 9.17) is 12.6 Å². The van der Waals surface area contributed by atoms with Crippen LogP contribution in [-0.4, -0.2) is 37.0 Å². The zero-order valence-electron chi connectivity index (χ0n) is 25.8. The Bertz CT molecular complexity index is 867. The molecular weight excluding hydrogens is 538 g/mol. The molecular formula is C26H56O5P2Si3. The number of allylic oxidation sites excluding steroid dienone is 6. The van der Waals surface area contributed by atoms with E-state index in [1.165, 1.54) is 16.7 Å². The third-order valence-corrected chi connectivity index (χ3v) is 19.4. The van der Waals surface area contributed by atoms with Gasteiger partial charge >= 0.3 is 7.60 Å². The van der Waals surface area contributed by atoms with Gasteiger partial charge in [-0.05, 0) is 119 Å². The molecule has 0 aromatic rings. The van der Waals surface area contributed by atoms with Crippen LogP contribution in [0.5, 0.6) is 0 Å². The lowest BCUT2D eigenvalue weighted by Gasteiger charge is -2.39. The third kappa shape index (κ3) is 16.9. The van der Waals surface area contributed by atoms with Gasteiger partial charge in [0.25, 0.3) is 0 Å². The van der Waals surface area contributed by atoms with Gasteiger partial charge in [-0.25, -0.2) is 0 Å². The molecule has 2 atom stereocenters. The molecule has 0 spiro atoms. The topological polar surface area (TPSA) is 61.8 Å². The van der Waals surface area contributed by atoms with Gasteiger partial charge in [0.15, 0.2) is 25.0 Å². The Morgan fingerprint density at radius 2 is 1.06 bits per heavy atom. The Hall–Kier alpha value is 0.211. The summed E-state index contributed by atoms with van der Waals surface area (Å²) in [7, 11) is -13.7. The van der Waals surface area contributed by atoms with Crippen molar-refractivity contribution in [3.8, 4) is 0 Å². The standard InChI is InChI=1S/C26H56O5P2Si3/c1-23(2)17-15-18-24(3)19-16-20-25(4)21-22-26(32(5,27)29-34(6,7)8)33(28,30-35(9,10)11)31-36(12,13)14/h17,19,21,26H,15-16,18,20,22H2,1-14H3/b24-19+,25-21+. The molecule has 0 N–H and O–H groups in total. The van der Waals surface area contributed by atoms with Crippen LogP contribution in [-0.2, 0) is 21.8 Å². The van der Waals surface area contributed by atoms with E-state index >= 15 is 0 Å². The summed E-state index contributed by atoms with van der Waals surface area (Å²) in [5, 5.41) is -0.800. The first-order valence-corrected chi connectivity index (χ1v) is 27.2. The van der Waals surface area contributed by atoms with E-state index in [2.05, 4.69) is 45.9 Å². The van der Waals surface area contributed by atoms with E-state index < -0.39 is 45.3 Å². The molecule has 0 amide bonds. The highest BCUT2D eigenvalue weighted by molar-refractivity contribution is 7.76. The minimum atomic E-state index is -3.70. The highest BCUT2D eigenvalue weighted by Gasteiger charge is 2.51. The maximum Gasteiger partial charge on any atom is 0.324 e. The van der Waals surface area contributed by atoms with Crippen LogP contribution < -0.4 is 0 Å². The second-order valence-electron chi connectivity index (χ2n) is 13.2. The molecule has 36 heavy (non-hydrogen) atoms. The molecule has 10 heteroatoms. The molecule has 0 bridgehead atoms. The van der Waals surface area contributed by atoms with E-state index in [9.17, 15) is 9.13 Å². The fraction of sp³-hybridized carbons (Fsp3) is 0.769. The van der Waals surface area contributed by atoms with Crippen LogP contribution in [0.15, 0.2) is 34.9 Å². The highest BCUT2D eigenvalue weighted by atomic mass is 31.2. The van der Waals surface area contributed by atoms with Crippen LogP contribution in [0, 0.1) is 0 Å². The molecule has 212 valence electrons. The summed E-state index contributed by atoms with van der Waals surface area (Å²) < 4.78 is 47.4. The molecule has 0 fully saturated rings. The molecule has 0 saturated carbocycles. The number of hydrogen-bond acceptors (Lipinski definition) is 5. The van der Waals surface area contributed by atoms with Gasteiger partial charge in [0.05, 0.1) is 0 Å². The first kappa shape index (κ1) is 36.2. The summed E-state index contributed by atoms with van der Waals surface area (Å²) in [4.78, 5) is 0. The zero-order valence-corrected chi connectivity index (χ0v) is 30.6. The maximum atomic E-state index is 14.5. The van der Waals surface area contributed by atoms with Crippen molar-refractivity contribution in [2.75, 3.05) is 6.66 Å². The van der Waals surface area contributed by atoms with Crippen LogP contribution >= 0.6 is 15.0 Å². The van der Waals surface area contributed by atoms with Gasteiger partial charge in [0, 0.05) is 6.66 Å². The third-order valence-electron chi connectivity index (χ3n) is 4.96. The molecule has 5 nitrogen and oxygen atoms in total. The molecule has 2 unspecified atom stereocenters. The zero-order chi connectivity index (χ0) is 28.6. The lowest BCUT2D eigenvalue weighted by Crippen LogP contribution is -2.34. The summed E-state index contributed by atoms with van der Waals surface area (Å²) in [6, 6.07) is 0. The van der Waals surface area contributed by atoms with Crippen LogP contribution in [0.1, 0.15) is 59.8 Å². The molecule has 0 radical (unpaired) electrons. The first-order chi connectivity index (χ1) is 16.0. The molecule has 0 aliphatic heterocycles. The SMILES string of the molecule is CC(C)=CCC/C(C)=C/CC/C(C)=C/CC(P(C)(=O)O[Si](C)(C)C)P(=O)(O[Si](C)(C)C)O[Si](C)(C)C. The Morgan fingerprint density at radius 3 is 1.44 bits per heavy atom. The summed E-state index contributed by atoms with van der Waals surface area (Å²) in [6.07, 6.45) is 11.0. The van der Waals surface area contributed by atoms with E-state index in [1.54, 1.807) is 6.66 Å². The molecule has 0 aliphatic carbocycles. The average Bonchev–Trinajstić information content (AvgIpc) is 2.55. The number of rotatable bonds is 16. The molecule has 0 aromatic carbocycles. The van der Waals surface area contributed by atoms with Gasteiger partial charge in [0.2, 0.25) is 7.37 Å². The first-order valence-electron chi connectivity index (χ1n) is 13.2. The van der Waals surface area contributed by atoms with Gasteiger partial charge in [-0.15, -0.1) is 0 Å². The van der Waals surface area contributed by atoms with Crippen molar-refractivity contribution in [3.05, 3.63) is 34.9 Å². The normalized spacial score (nSPS) is 17.1. The van der Waals surface area contributed by atoms with Gasteiger partial charge < -0.3 is 12.6 Å². The van der Waals surface area contributed by atoms with E-state index in [0.717, 1.165) is 25.7 Å². The summed E-state index contributed by atoms with van der Waals surface area (Å²) in [5.74, 6) is 0. The maximum absolute atomic E-state index is 14.5. The Kier molecular flexibility index (Phi) is 14.6. The average molecular weight is 595 g/mol. The number of hydrogen-bond donors (Lipinski definition) is 0. The van der Waals surface area contributed by atoms with Crippen molar-refractivity contribution in [2.45, 2.75) is 124 Å². The largest absolute Gasteiger partial charge is 0.370 e. The van der Waals surface area contributed by atoms with E-state index in [0.29, 0.717) is 6.42 Å². The van der Waals surface area contributed by atoms with E-state index in [-0.39, 0.29) is 0 Å². The van der Waals surface area contributed by atoms with Crippen molar-refractivity contribution in [2.24, 2.45) is 0 Å². The van der Waals surface area contributed by atoms with Crippen LogP contribution in [0.3, 0.4) is 0 Å². The smallest absolute Gasteiger partial charge is 0.324 e. The Balaban J connectivity index is 5.96. The van der Waals surface area contributed by atoms with Crippen molar-refractivity contribution in [1.29, 1.82) is 0 Å². The van der Waals surface area contributed by atoms with Gasteiger partial charge in [-0.2, -0.15) is 0 Å². The molecule has 0 rings (SSSR count). The summed E-state index contributed by atoms with van der Waals surface area (Å²) >= 11 is 0. The van der Waals surface area contributed by atoms with Crippen LogP contribution in [0.4, 0.5) is 0 Å². The van der Waals surface area contributed by atoms with Gasteiger partial charge in [0.1, 0.15) is 5.40 Å². The summed E-state index contributed by atoms with van der Waals surface area (Å²) in [5.41, 5.74) is 3.95. The monoisotopic (exact) mass is 594 g/mol. The second-order valence-corrected chi connectivity index (χ2v) is 32.7. The Labute approximate surface area is 226 Å². The fourth-order valence-electron chi connectivity index (χ4n) is 3.73. The minimum absolute atomic E-state index is 0.361. The lowest BCUT2D eigenvalue weighted by molar-refractivity contribution is 0.373. The Morgan fingerprint density at radius 1 is 0.667 bits per heavy atom. The van der Waals surface area contributed by atoms with Crippen LogP contribution in [0.25, 0.3) is 0 Å². The van der Waals surface area contributed by atoms with Crippen molar-refractivity contribution in [1.82, 2.24) is 0 Å². The summed E-state index contributed by atoms with van der Waals surface area (Å²) in [6.45, 7) is 28.2. The van der Waals surface area contributed by atoms with Gasteiger partial charge in [-0.3, -0.25) is 9.13 Å². The fourth-order valence-corrected chi connectivity index (χ4v) is 20.3. The molecule has 0 saturated heterocycles. The highest BCUT2D eigenvalue weighted by Crippen LogP contribution is 2.71. The quantitative estimate of drug-likeness (QED) is 0.101.